The predicted molar refractivity (Wildman–Crippen MR) is 63.6 cm³/mol. The van der Waals surface area contributed by atoms with Gasteiger partial charge in [-0.15, -0.1) is 0 Å². The summed E-state index contributed by atoms with van der Waals surface area (Å²) in [6, 6.07) is 13.9. The molecule has 82 valence electrons. The highest BCUT2D eigenvalue weighted by molar-refractivity contribution is 5.82. The van der Waals surface area contributed by atoms with E-state index in [1.165, 1.54) is 6.07 Å². The highest BCUT2D eigenvalue weighted by Crippen LogP contribution is 2.25. The first-order valence-corrected chi connectivity index (χ1v) is 5.03. The van der Waals surface area contributed by atoms with Gasteiger partial charge in [0.25, 0.3) is 0 Å². The summed E-state index contributed by atoms with van der Waals surface area (Å²) >= 11 is 0. The second-order valence-electron chi connectivity index (χ2n) is 3.58. The Bertz CT molecular complexity index is 595. The average molecular weight is 223 g/mol. The maximum atomic E-state index is 10.7. The highest BCUT2D eigenvalue weighted by atomic mass is 16.3. The summed E-state index contributed by atoms with van der Waals surface area (Å²) in [6.45, 7) is 0. The molecule has 0 aliphatic carbocycles. The van der Waals surface area contributed by atoms with Crippen LogP contribution in [0.1, 0.15) is 15.9 Å². The molecular weight excluding hydrogens is 214 g/mol. The first-order chi connectivity index (χ1) is 8.24. The van der Waals surface area contributed by atoms with E-state index in [4.69, 9.17) is 5.26 Å². The van der Waals surface area contributed by atoms with Crippen LogP contribution in [0.3, 0.4) is 0 Å². The van der Waals surface area contributed by atoms with Gasteiger partial charge in [0.15, 0.2) is 6.29 Å². The predicted octanol–water partition coefficient (Wildman–Crippen LogP) is 2.74. The van der Waals surface area contributed by atoms with E-state index in [0.29, 0.717) is 11.8 Å². The van der Waals surface area contributed by atoms with Gasteiger partial charge < -0.3 is 5.11 Å². The third-order valence-electron chi connectivity index (χ3n) is 2.50. The summed E-state index contributed by atoms with van der Waals surface area (Å²) in [7, 11) is 0. The number of hydrogen-bond donors (Lipinski definition) is 1. The minimum absolute atomic E-state index is 0.0302. The molecule has 17 heavy (non-hydrogen) atoms. The largest absolute Gasteiger partial charge is 0.507 e. The third-order valence-corrected chi connectivity index (χ3v) is 2.50. The Kier molecular flexibility index (Phi) is 2.89. The molecule has 2 aromatic carbocycles. The van der Waals surface area contributed by atoms with Crippen LogP contribution in [0.4, 0.5) is 0 Å². The SMILES string of the molecule is N#Cc1ccc(-c2ccc(O)c(C=O)c2)cc1. The van der Waals surface area contributed by atoms with Gasteiger partial charge in [-0.05, 0) is 35.4 Å². The van der Waals surface area contributed by atoms with Crippen molar-refractivity contribution in [3.05, 3.63) is 53.6 Å². The van der Waals surface area contributed by atoms with Crippen LogP contribution in [-0.4, -0.2) is 11.4 Å². The summed E-state index contributed by atoms with van der Waals surface area (Å²) < 4.78 is 0. The van der Waals surface area contributed by atoms with Crippen LogP contribution < -0.4 is 0 Å². The fourth-order valence-electron chi connectivity index (χ4n) is 1.57. The van der Waals surface area contributed by atoms with Crippen molar-refractivity contribution in [3.8, 4) is 22.9 Å². The number of nitriles is 1. The van der Waals surface area contributed by atoms with Crippen molar-refractivity contribution < 1.29 is 9.90 Å². The zero-order chi connectivity index (χ0) is 12.3. The Labute approximate surface area is 98.6 Å². The lowest BCUT2D eigenvalue weighted by molar-refractivity contribution is 0.112. The van der Waals surface area contributed by atoms with E-state index in [1.54, 1.807) is 36.4 Å². The molecule has 0 fully saturated rings. The van der Waals surface area contributed by atoms with Gasteiger partial charge in [-0.25, -0.2) is 0 Å². The van der Waals surface area contributed by atoms with Crippen molar-refractivity contribution in [2.24, 2.45) is 0 Å². The maximum Gasteiger partial charge on any atom is 0.153 e. The molecule has 2 aromatic rings. The van der Waals surface area contributed by atoms with E-state index in [-0.39, 0.29) is 11.3 Å². The van der Waals surface area contributed by atoms with Crippen LogP contribution >= 0.6 is 0 Å². The molecular formula is C14H9NO2. The number of carbonyl (C=O) groups excluding carboxylic acids is 1. The van der Waals surface area contributed by atoms with Crippen molar-refractivity contribution in [1.82, 2.24) is 0 Å². The van der Waals surface area contributed by atoms with Crippen LogP contribution in [0.25, 0.3) is 11.1 Å². The van der Waals surface area contributed by atoms with E-state index < -0.39 is 0 Å². The normalized spacial score (nSPS) is 9.59. The first-order valence-electron chi connectivity index (χ1n) is 5.03. The number of aromatic hydroxyl groups is 1. The number of nitrogens with zero attached hydrogens (tertiary/aromatic N) is 1. The average Bonchev–Trinajstić information content (AvgIpc) is 2.39. The lowest BCUT2D eigenvalue weighted by atomic mass is 10.0. The Morgan fingerprint density at radius 1 is 1.06 bits per heavy atom. The molecule has 0 aliphatic rings. The minimum atomic E-state index is -0.0302. The number of benzene rings is 2. The van der Waals surface area contributed by atoms with Crippen LogP contribution in [0.15, 0.2) is 42.5 Å². The van der Waals surface area contributed by atoms with Gasteiger partial charge in [0.2, 0.25) is 0 Å². The Morgan fingerprint density at radius 2 is 1.71 bits per heavy atom. The molecule has 0 radical (unpaired) electrons. The number of phenols is 1. The fraction of sp³-hybridized carbons (Fsp3) is 0. The molecule has 0 aromatic heterocycles. The van der Waals surface area contributed by atoms with Crippen molar-refractivity contribution >= 4 is 6.29 Å². The molecule has 0 saturated carbocycles. The molecule has 3 nitrogen and oxygen atoms in total. The smallest absolute Gasteiger partial charge is 0.153 e. The highest BCUT2D eigenvalue weighted by Gasteiger charge is 2.03. The molecule has 0 amide bonds. The summed E-state index contributed by atoms with van der Waals surface area (Å²) in [5.41, 5.74) is 2.57. The van der Waals surface area contributed by atoms with Gasteiger partial charge >= 0.3 is 0 Å². The number of hydrogen-bond acceptors (Lipinski definition) is 3. The minimum Gasteiger partial charge on any atom is -0.507 e. The van der Waals surface area contributed by atoms with Crippen LogP contribution in [0, 0.1) is 11.3 Å². The quantitative estimate of drug-likeness (QED) is 0.796. The second-order valence-corrected chi connectivity index (χ2v) is 3.58. The van der Waals surface area contributed by atoms with E-state index in [2.05, 4.69) is 0 Å². The van der Waals surface area contributed by atoms with Crippen LogP contribution in [0.5, 0.6) is 5.75 Å². The van der Waals surface area contributed by atoms with Crippen molar-refractivity contribution in [2.45, 2.75) is 0 Å². The van der Waals surface area contributed by atoms with Gasteiger partial charge in [-0.2, -0.15) is 5.26 Å². The van der Waals surface area contributed by atoms with E-state index in [1.807, 2.05) is 6.07 Å². The van der Waals surface area contributed by atoms with E-state index in [0.717, 1.165) is 11.1 Å². The molecule has 1 N–H and O–H groups in total. The first kappa shape index (κ1) is 10.9. The Hall–Kier alpha value is -2.60. The Balaban J connectivity index is 2.46. The van der Waals surface area contributed by atoms with Gasteiger partial charge in [-0.3, -0.25) is 4.79 Å². The van der Waals surface area contributed by atoms with Crippen molar-refractivity contribution in [1.29, 1.82) is 5.26 Å². The van der Waals surface area contributed by atoms with Crippen LogP contribution in [0.2, 0.25) is 0 Å². The number of rotatable bonds is 2. The summed E-state index contributed by atoms with van der Waals surface area (Å²) in [5, 5.41) is 18.1. The molecule has 2 rings (SSSR count). The molecule has 0 saturated heterocycles. The zero-order valence-electron chi connectivity index (χ0n) is 8.92. The van der Waals surface area contributed by atoms with Gasteiger partial charge in [-0.1, -0.05) is 18.2 Å². The molecule has 3 heteroatoms. The fourth-order valence-corrected chi connectivity index (χ4v) is 1.57. The molecule has 0 aliphatic heterocycles. The lowest BCUT2D eigenvalue weighted by Gasteiger charge is -2.04. The molecule has 0 bridgehead atoms. The standard InChI is InChI=1S/C14H9NO2/c15-8-10-1-3-11(4-2-10)12-5-6-14(17)13(7-12)9-16/h1-7,9,17H. The van der Waals surface area contributed by atoms with Crippen molar-refractivity contribution in [3.63, 3.8) is 0 Å². The summed E-state index contributed by atoms with van der Waals surface area (Å²) in [5.74, 6) is -0.0302. The molecule has 0 heterocycles. The van der Waals surface area contributed by atoms with Gasteiger partial charge in [0.1, 0.15) is 5.75 Å². The summed E-state index contributed by atoms with van der Waals surface area (Å²) in [4.78, 5) is 10.7. The van der Waals surface area contributed by atoms with Gasteiger partial charge in [0, 0.05) is 0 Å². The number of phenolic OH excluding ortho intramolecular Hbond substituents is 1. The summed E-state index contributed by atoms with van der Waals surface area (Å²) in [6.07, 6.45) is 0.614. The van der Waals surface area contributed by atoms with Crippen molar-refractivity contribution in [2.75, 3.05) is 0 Å². The molecule has 0 atom stereocenters. The maximum absolute atomic E-state index is 10.7. The van der Waals surface area contributed by atoms with Crippen LogP contribution in [-0.2, 0) is 0 Å². The number of aldehydes is 1. The third kappa shape index (κ3) is 2.16. The second kappa shape index (κ2) is 4.50. The van der Waals surface area contributed by atoms with E-state index >= 15 is 0 Å². The Morgan fingerprint density at radius 3 is 2.29 bits per heavy atom. The molecule has 0 unspecified atom stereocenters. The zero-order valence-corrected chi connectivity index (χ0v) is 8.92. The monoisotopic (exact) mass is 223 g/mol. The van der Waals surface area contributed by atoms with Gasteiger partial charge in [0.05, 0.1) is 17.2 Å². The topological polar surface area (TPSA) is 61.1 Å². The van der Waals surface area contributed by atoms with E-state index in [9.17, 15) is 9.90 Å². The number of carbonyl (C=O) groups is 1. The molecule has 0 spiro atoms. The lowest BCUT2D eigenvalue weighted by Crippen LogP contribution is -1.84.